The molecule has 38 heavy (non-hydrogen) atoms. The molecule has 1 aliphatic carbocycles. The summed E-state index contributed by atoms with van der Waals surface area (Å²) in [6, 6.07) is 28.8. The predicted molar refractivity (Wildman–Crippen MR) is 158 cm³/mol. The first-order chi connectivity index (χ1) is 18.5. The van der Waals surface area contributed by atoms with Crippen LogP contribution in [0, 0.1) is 0 Å². The van der Waals surface area contributed by atoms with Crippen molar-refractivity contribution in [3.8, 4) is 0 Å². The van der Waals surface area contributed by atoms with E-state index in [1.807, 2.05) is 24.3 Å². The lowest BCUT2D eigenvalue weighted by Gasteiger charge is -2.47. The Hall–Kier alpha value is -3.24. The van der Waals surface area contributed by atoms with Crippen LogP contribution in [0.4, 0.5) is 5.69 Å². The van der Waals surface area contributed by atoms with Crippen LogP contribution in [0.5, 0.6) is 0 Å². The van der Waals surface area contributed by atoms with Gasteiger partial charge in [-0.1, -0.05) is 98.1 Å². The molecular weight excluding hydrogens is 490 g/mol. The van der Waals surface area contributed by atoms with Crippen molar-refractivity contribution in [2.45, 2.75) is 50.0 Å². The molecule has 1 saturated heterocycles. The van der Waals surface area contributed by atoms with E-state index in [4.69, 9.17) is 11.6 Å². The van der Waals surface area contributed by atoms with Gasteiger partial charge in [-0.05, 0) is 48.2 Å². The summed E-state index contributed by atoms with van der Waals surface area (Å²) in [6.07, 6.45) is 5.78. The van der Waals surface area contributed by atoms with Crippen molar-refractivity contribution in [3.05, 3.63) is 113 Å². The molecule has 1 N–H and O–H groups in total. The number of carbonyl (C=O) groups excluding carboxylic acids is 1. The maximum Gasteiger partial charge on any atom is 0.221 e. The fourth-order valence-electron chi connectivity index (χ4n) is 6.13. The Balaban J connectivity index is 1.29. The first kappa shape index (κ1) is 26.4. The molecule has 1 heterocycles. The van der Waals surface area contributed by atoms with Gasteiger partial charge in [-0.25, -0.2) is 0 Å². The first-order valence-corrected chi connectivity index (χ1v) is 14.3. The number of rotatable bonds is 8. The van der Waals surface area contributed by atoms with Gasteiger partial charge in [0.15, 0.2) is 0 Å². The van der Waals surface area contributed by atoms with Crippen molar-refractivity contribution in [3.63, 3.8) is 0 Å². The number of nitrogens with one attached hydrogen (secondary N) is 1. The Morgan fingerprint density at radius 1 is 0.816 bits per heavy atom. The summed E-state index contributed by atoms with van der Waals surface area (Å²) in [7, 11) is 0. The van der Waals surface area contributed by atoms with Gasteiger partial charge in [0, 0.05) is 54.9 Å². The molecule has 4 nitrogen and oxygen atoms in total. The number of carbonyl (C=O) groups is 1. The lowest BCUT2D eigenvalue weighted by molar-refractivity contribution is -0.123. The number of amides is 1. The van der Waals surface area contributed by atoms with Crippen LogP contribution in [-0.4, -0.2) is 42.5 Å². The van der Waals surface area contributed by atoms with Gasteiger partial charge in [-0.2, -0.15) is 0 Å². The van der Waals surface area contributed by atoms with E-state index < -0.39 is 0 Å². The monoisotopic (exact) mass is 527 g/mol. The molecule has 1 aliphatic heterocycles. The summed E-state index contributed by atoms with van der Waals surface area (Å²) in [5.74, 6) is 0.125. The van der Waals surface area contributed by atoms with Crippen molar-refractivity contribution in [1.82, 2.24) is 10.2 Å². The summed E-state index contributed by atoms with van der Waals surface area (Å²) < 4.78 is 0. The highest BCUT2D eigenvalue weighted by Gasteiger charge is 2.39. The summed E-state index contributed by atoms with van der Waals surface area (Å²) >= 11 is 6.09. The molecule has 0 aromatic heterocycles. The van der Waals surface area contributed by atoms with Crippen LogP contribution in [-0.2, 0) is 4.79 Å². The maximum atomic E-state index is 13.7. The van der Waals surface area contributed by atoms with Gasteiger partial charge in [0.1, 0.15) is 0 Å². The molecule has 5 rings (SSSR count). The minimum Gasteiger partial charge on any atom is -0.370 e. The molecule has 0 atom stereocenters. The average molecular weight is 528 g/mol. The van der Waals surface area contributed by atoms with Crippen LogP contribution in [0.2, 0.25) is 5.02 Å². The second-order valence-electron chi connectivity index (χ2n) is 10.7. The third kappa shape index (κ3) is 6.07. The molecule has 2 aliphatic rings. The van der Waals surface area contributed by atoms with Crippen LogP contribution in [0.15, 0.2) is 97.2 Å². The van der Waals surface area contributed by atoms with Crippen molar-refractivity contribution in [2.24, 2.45) is 0 Å². The molecule has 1 saturated carbocycles. The summed E-state index contributed by atoms with van der Waals surface area (Å²) in [6.45, 7) is 8.26. The SMILES string of the molecule is C=C(N1CCN(c2ccc(Cl)cc2)CC1)C1(NC(=O)CC(c2ccccc2)c2ccccc2)CCCCC1. The molecular formula is C33H38ClN3O. The topological polar surface area (TPSA) is 35.6 Å². The molecule has 0 bridgehead atoms. The van der Waals surface area contributed by atoms with Gasteiger partial charge in [0.2, 0.25) is 5.91 Å². The maximum absolute atomic E-state index is 13.7. The zero-order valence-electron chi connectivity index (χ0n) is 22.1. The predicted octanol–water partition coefficient (Wildman–Crippen LogP) is 7.02. The normalized spacial score (nSPS) is 17.3. The molecule has 0 spiro atoms. The minimum absolute atomic E-state index is 0.0224. The van der Waals surface area contributed by atoms with E-state index in [0.717, 1.165) is 62.6 Å². The van der Waals surface area contributed by atoms with Gasteiger partial charge in [0.25, 0.3) is 0 Å². The Morgan fingerprint density at radius 2 is 1.37 bits per heavy atom. The van der Waals surface area contributed by atoms with E-state index in [0.29, 0.717) is 6.42 Å². The van der Waals surface area contributed by atoms with Gasteiger partial charge < -0.3 is 15.1 Å². The number of hydrogen-bond donors (Lipinski definition) is 1. The number of benzene rings is 3. The van der Waals surface area contributed by atoms with E-state index in [-0.39, 0.29) is 17.4 Å². The third-order valence-corrected chi connectivity index (χ3v) is 8.54. The van der Waals surface area contributed by atoms with Crippen molar-refractivity contribution < 1.29 is 4.79 Å². The third-order valence-electron chi connectivity index (χ3n) is 8.28. The Labute approximate surface area is 232 Å². The van der Waals surface area contributed by atoms with Gasteiger partial charge in [0.05, 0.1) is 5.54 Å². The van der Waals surface area contributed by atoms with Crippen LogP contribution in [0.1, 0.15) is 55.6 Å². The highest BCUT2D eigenvalue weighted by Crippen LogP contribution is 2.37. The number of piperazine rings is 1. The van der Waals surface area contributed by atoms with E-state index >= 15 is 0 Å². The van der Waals surface area contributed by atoms with Crippen molar-refractivity contribution in [1.29, 1.82) is 0 Å². The van der Waals surface area contributed by atoms with E-state index in [9.17, 15) is 4.79 Å². The molecule has 2 fully saturated rings. The number of nitrogens with zero attached hydrogens (tertiary/aromatic N) is 2. The standard InChI is InChI=1S/C33H38ClN3O/c1-26(36-21-23-37(24-22-36)30-17-15-29(34)16-18-30)33(19-9-4-10-20-33)35-32(38)25-31(27-11-5-2-6-12-27)28-13-7-3-8-14-28/h2-3,5-8,11-18,31H,1,4,9-10,19-25H2,(H,35,38). The minimum atomic E-state index is -0.365. The zero-order valence-corrected chi connectivity index (χ0v) is 22.9. The summed E-state index contributed by atoms with van der Waals surface area (Å²) in [4.78, 5) is 18.5. The van der Waals surface area contributed by atoms with Gasteiger partial charge in [-0.15, -0.1) is 0 Å². The van der Waals surface area contributed by atoms with Crippen LogP contribution >= 0.6 is 11.6 Å². The molecule has 5 heteroatoms. The highest BCUT2D eigenvalue weighted by atomic mass is 35.5. The zero-order chi connectivity index (χ0) is 26.4. The van der Waals surface area contributed by atoms with Crippen molar-refractivity contribution >= 4 is 23.2 Å². The van der Waals surface area contributed by atoms with E-state index in [1.54, 1.807) is 0 Å². The molecule has 0 radical (unpaired) electrons. The Kier molecular flexibility index (Phi) is 8.38. The highest BCUT2D eigenvalue weighted by molar-refractivity contribution is 6.30. The molecule has 3 aromatic rings. The second kappa shape index (κ2) is 12.1. The Morgan fingerprint density at radius 3 is 1.92 bits per heavy atom. The number of halogens is 1. The number of anilines is 1. The second-order valence-corrected chi connectivity index (χ2v) is 11.1. The van der Waals surface area contributed by atoms with Crippen LogP contribution in [0.3, 0.4) is 0 Å². The average Bonchev–Trinajstić information content (AvgIpc) is 2.97. The van der Waals surface area contributed by atoms with Crippen molar-refractivity contribution in [2.75, 3.05) is 31.1 Å². The fourth-order valence-corrected chi connectivity index (χ4v) is 6.26. The van der Waals surface area contributed by atoms with E-state index in [1.165, 1.54) is 23.2 Å². The van der Waals surface area contributed by atoms with E-state index in [2.05, 4.69) is 82.4 Å². The smallest absolute Gasteiger partial charge is 0.221 e. The molecule has 0 unspecified atom stereocenters. The summed E-state index contributed by atoms with van der Waals surface area (Å²) in [5, 5.41) is 4.30. The largest absolute Gasteiger partial charge is 0.370 e. The molecule has 198 valence electrons. The number of hydrogen-bond acceptors (Lipinski definition) is 3. The quantitative estimate of drug-likeness (QED) is 0.342. The molecule has 3 aromatic carbocycles. The lowest BCUT2D eigenvalue weighted by atomic mass is 9.78. The molecule has 1 amide bonds. The van der Waals surface area contributed by atoms with Gasteiger partial charge in [-0.3, -0.25) is 4.79 Å². The summed E-state index contributed by atoms with van der Waals surface area (Å²) in [5.41, 5.74) is 4.26. The fraction of sp³-hybridized carbons (Fsp3) is 0.364. The van der Waals surface area contributed by atoms with Gasteiger partial charge >= 0.3 is 0 Å². The lowest BCUT2D eigenvalue weighted by Crippen LogP contribution is -2.57. The Bertz CT molecular complexity index is 1160. The first-order valence-electron chi connectivity index (χ1n) is 13.9. The van der Waals surface area contributed by atoms with Crippen LogP contribution < -0.4 is 10.2 Å². The van der Waals surface area contributed by atoms with Crippen LogP contribution in [0.25, 0.3) is 0 Å².